The number of imidazole rings is 1. The average molecular weight is 378 g/mol. The predicted molar refractivity (Wildman–Crippen MR) is 97.7 cm³/mol. The molecular formula is C16H16ClN5O2S. The van der Waals surface area contributed by atoms with Gasteiger partial charge in [0.05, 0.1) is 32.1 Å². The van der Waals surface area contributed by atoms with Crippen LogP contribution in [0.25, 0.3) is 11.2 Å². The van der Waals surface area contributed by atoms with E-state index >= 15 is 0 Å². The number of nitrogens with zero attached hydrogens (tertiary/aromatic N) is 2. The molecule has 1 saturated heterocycles. The Morgan fingerprint density at radius 1 is 1.44 bits per heavy atom. The Bertz CT molecular complexity index is 1030. The van der Waals surface area contributed by atoms with Crippen LogP contribution in [0.3, 0.4) is 0 Å². The Hall–Kier alpha value is -2.00. The molecule has 130 valence electrons. The molecule has 0 spiro atoms. The Balaban J connectivity index is 1.80. The van der Waals surface area contributed by atoms with E-state index in [1.807, 2.05) is 18.2 Å². The van der Waals surface area contributed by atoms with Crippen LogP contribution in [0, 0.1) is 4.77 Å². The second-order valence-corrected chi connectivity index (χ2v) is 6.69. The second kappa shape index (κ2) is 6.72. The highest BCUT2D eigenvalue weighted by molar-refractivity contribution is 7.71. The first-order valence-corrected chi connectivity index (χ1v) is 8.68. The molecule has 1 aliphatic heterocycles. The minimum atomic E-state index is -0.271. The van der Waals surface area contributed by atoms with E-state index in [9.17, 15) is 4.79 Å². The number of morpholine rings is 1. The third kappa shape index (κ3) is 3.13. The maximum Gasteiger partial charge on any atom is 0.277 e. The summed E-state index contributed by atoms with van der Waals surface area (Å²) >= 11 is 11.6. The first-order valence-electron chi connectivity index (χ1n) is 7.89. The molecule has 1 atom stereocenters. The Labute approximate surface area is 153 Å². The van der Waals surface area contributed by atoms with Gasteiger partial charge in [-0.2, -0.15) is 0 Å². The van der Waals surface area contributed by atoms with Gasteiger partial charge in [-0.15, -0.1) is 0 Å². The number of nitrogens with one attached hydrogen (secondary N) is 3. The average Bonchev–Trinajstić information content (AvgIpc) is 3.10. The normalized spacial score (nSPS) is 17.9. The molecule has 1 aromatic carbocycles. The van der Waals surface area contributed by atoms with Crippen LogP contribution in [-0.2, 0) is 11.3 Å². The topological polar surface area (TPSA) is 87.7 Å². The van der Waals surface area contributed by atoms with Crippen molar-refractivity contribution in [2.75, 3.05) is 19.8 Å². The number of benzene rings is 1. The molecule has 0 aliphatic carbocycles. The summed E-state index contributed by atoms with van der Waals surface area (Å²) in [7, 11) is 0. The van der Waals surface area contributed by atoms with Crippen LogP contribution >= 0.6 is 23.8 Å². The SMILES string of the molecule is O=c1[nH]c(=S)n(Cc2ccc(Cl)cc2C2COCCN2)c2nc[nH]c12. The monoisotopic (exact) mass is 377 g/mol. The molecule has 25 heavy (non-hydrogen) atoms. The van der Waals surface area contributed by atoms with Gasteiger partial charge >= 0.3 is 0 Å². The predicted octanol–water partition coefficient (Wildman–Crippen LogP) is 2.14. The van der Waals surface area contributed by atoms with Crippen LogP contribution < -0.4 is 10.9 Å². The number of fused-ring (bicyclic) bond motifs is 1. The number of ether oxygens (including phenoxy) is 1. The van der Waals surface area contributed by atoms with Crippen LogP contribution in [0.4, 0.5) is 0 Å². The second-order valence-electron chi connectivity index (χ2n) is 5.87. The lowest BCUT2D eigenvalue weighted by molar-refractivity contribution is 0.0766. The third-order valence-corrected chi connectivity index (χ3v) is 4.86. The van der Waals surface area contributed by atoms with E-state index in [0.29, 0.717) is 40.7 Å². The zero-order chi connectivity index (χ0) is 17.4. The minimum Gasteiger partial charge on any atom is -0.378 e. The van der Waals surface area contributed by atoms with Crippen molar-refractivity contribution in [3.05, 3.63) is 55.8 Å². The molecule has 0 radical (unpaired) electrons. The van der Waals surface area contributed by atoms with Crippen LogP contribution in [0.5, 0.6) is 0 Å². The molecule has 3 N–H and O–H groups in total. The number of H-pyrrole nitrogens is 2. The van der Waals surface area contributed by atoms with Crippen LogP contribution in [-0.4, -0.2) is 39.3 Å². The van der Waals surface area contributed by atoms with Gasteiger partial charge in [0.1, 0.15) is 5.52 Å². The van der Waals surface area contributed by atoms with Gasteiger partial charge in [0.25, 0.3) is 5.56 Å². The fourth-order valence-electron chi connectivity index (χ4n) is 3.10. The standard InChI is InChI=1S/C16H16ClN5O2S/c17-10-2-1-9(11(5-10)12-7-24-4-3-18-12)6-22-14-13(19-8-20-14)15(23)21-16(22)25/h1-2,5,8,12,18H,3-4,6-7H2,(H,19,20)(H,21,23,25). The minimum absolute atomic E-state index is 0.0639. The van der Waals surface area contributed by atoms with Crippen molar-refractivity contribution in [3.63, 3.8) is 0 Å². The largest absolute Gasteiger partial charge is 0.378 e. The lowest BCUT2D eigenvalue weighted by Crippen LogP contribution is -2.35. The zero-order valence-corrected chi connectivity index (χ0v) is 14.8. The molecule has 4 rings (SSSR count). The molecule has 1 aliphatic rings. The lowest BCUT2D eigenvalue weighted by Gasteiger charge is -2.26. The van der Waals surface area contributed by atoms with Crippen molar-refractivity contribution in [2.24, 2.45) is 0 Å². The van der Waals surface area contributed by atoms with Gasteiger partial charge < -0.3 is 15.0 Å². The molecule has 0 saturated carbocycles. The van der Waals surface area contributed by atoms with E-state index in [0.717, 1.165) is 17.7 Å². The third-order valence-electron chi connectivity index (χ3n) is 4.30. The maximum atomic E-state index is 12.0. The zero-order valence-electron chi connectivity index (χ0n) is 13.2. The van der Waals surface area contributed by atoms with E-state index < -0.39 is 0 Å². The van der Waals surface area contributed by atoms with Crippen LogP contribution in [0.1, 0.15) is 17.2 Å². The van der Waals surface area contributed by atoms with Gasteiger partial charge in [0, 0.05) is 11.6 Å². The molecule has 0 bridgehead atoms. The highest BCUT2D eigenvalue weighted by Crippen LogP contribution is 2.25. The Kier molecular flexibility index (Phi) is 4.43. The fourth-order valence-corrected chi connectivity index (χ4v) is 3.52. The summed E-state index contributed by atoms with van der Waals surface area (Å²) in [6, 6.07) is 5.83. The summed E-state index contributed by atoms with van der Waals surface area (Å²) in [5, 5.41) is 4.11. The molecule has 7 nitrogen and oxygen atoms in total. The number of aromatic amines is 2. The van der Waals surface area contributed by atoms with Crippen molar-refractivity contribution < 1.29 is 4.74 Å². The molecule has 1 fully saturated rings. The molecule has 3 aromatic rings. The molecule has 9 heteroatoms. The van der Waals surface area contributed by atoms with E-state index in [2.05, 4.69) is 20.3 Å². The summed E-state index contributed by atoms with van der Waals surface area (Å²) < 4.78 is 7.72. The van der Waals surface area contributed by atoms with Crippen molar-refractivity contribution in [1.82, 2.24) is 24.8 Å². The first kappa shape index (κ1) is 16.5. The summed E-state index contributed by atoms with van der Waals surface area (Å²) in [6.45, 7) is 2.55. The van der Waals surface area contributed by atoms with Crippen molar-refractivity contribution >= 4 is 35.0 Å². The summed E-state index contributed by atoms with van der Waals surface area (Å²) in [4.78, 5) is 21.8. The molecular weight excluding hydrogens is 362 g/mol. The number of aromatic nitrogens is 4. The van der Waals surface area contributed by atoms with E-state index in [1.165, 1.54) is 6.33 Å². The number of hydrogen-bond acceptors (Lipinski definition) is 5. The molecule has 0 amide bonds. The fraction of sp³-hybridized carbons (Fsp3) is 0.312. The number of rotatable bonds is 3. The summed E-state index contributed by atoms with van der Waals surface area (Å²) in [5.74, 6) is 0. The van der Waals surface area contributed by atoms with Gasteiger partial charge in [-0.3, -0.25) is 14.3 Å². The van der Waals surface area contributed by atoms with E-state index in [-0.39, 0.29) is 11.6 Å². The van der Waals surface area contributed by atoms with E-state index in [1.54, 1.807) is 4.57 Å². The van der Waals surface area contributed by atoms with Crippen molar-refractivity contribution in [1.29, 1.82) is 0 Å². The smallest absolute Gasteiger partial charge is 0.277 e. The summed E-state index contributed by atoms with van der Waals surface area (Å²) in [5.41, 5.74) is 2.77. The molecule has 2 aromatic heterocycles. The quantitative estimate of drug-likeness (QED) is 0.609. The highest BCUT2D eigenvalue weighted by atomic mass is 35.5. The van der Waals surface area contributed by atoms with Gasteiger partial charge in [-0.25, -0.2) is 4.98 Å². The summed E-state index contributed by atoms with van der Waals surface area (Å²) in [6.07, 6.45) is 1.49. The maximum absolute atomic E-state index is 12.0. The van der Waals surface area contributed by atoms with Gasteiger partial charge in [-0.05, 0) is 35.5 Å². The molecule has 1 unspecified atom stereocenters. The first-order chi connectivity index (χ1) is 12.1. The van der Waals surface area contributed by atoms with Crippen molar-refractivity contribution in [2.45, 2.75) is 12.6 Å². The number of hydrogen-bond donors (Lipinski definition) is 3. The highest BCUT2D eigenvalue weighted by Gasteiger charge is 2.20. The Morgan fingerprint density at radius 2 is 2.32 bits per heavy atom. The molecule has 3 heterocycles. The lowest BCUT2D eigenvalue weighted by atomic mass is 10.00. The number of halogens is 1. The Morgan fingerprint density at radius 3 is 3.12 bits per heavy atom. The van der Waals surface area contributed by atoms with Crippen molar-refractivity contribution in [3.8, 4) is 0 Å². The van der Waals surface area contributed by atoms with Crippen LogP contribution in [0.15, 0.2) is 29.3 Å². The van der Waals surface area contributed by atoms with Gasteiger partial charge in [0.15, 0.2) is 10.4 Å². The van der Waals surface area contributed by atoms with Gasteiger partial charge in [0.2, 0.25) is 0 Å². The van der Waals surface area contributed by atoms with Gasteiger partial charge in [-0.1, -0.05) is 17.7 Å². The van der Waals surface area contributed by atoms with Crippen LogP contribution in [0.2, 0.25) is 5.02 Å². The van der Waals surface area contributed by atoms with E-state index in [4.69, 9.17) is 28.6 Å².